The highest BCUT2D eigenvalue weighted by Crippen LogP contribution is 2.48. The Bertz CT molecular complexity index is 2620. The average Bonchev–Trinajstić information content (AvgIpc) is 3.88. The second-order valence-electron chi connectivity index (χ2n) is 15.3. The molecule has 0 unspecified atom stereocenters. The van der Waals surface area contributed by atoms with Gasteiger partial charge in [-0.1, -0.05) is 121 Å². The van der Waals surface area contributed by atoms with Gasteiger partial charge in [-0.05, 0) is 78.7 Å². The van der Waals surface area contributed by atoms with E-state index in [0.717, 1.165) is 58.3 Å². The molecule has 2 atom stereocenters. The van der Waals surface area contributed by atoms with Crippen LogP contribution in [-0.2, 0) is 15.1 Å². The van der Waals surface area contributed by atoms with Gasteiger partial charge in [-0.25, -0.2) is 19.9 Å². The number of aromatic nitrogens is 5. The molecular formula is C48H41ClN6O2S. The van der Waals surface area contributed by atoms with Crippen LogP contribution in [0.15, 0.2) is 140 Å². The van der Waals surface area contributed by atoms with Crippen LogP contribution >= 0.6 is 22.9 Å². The summed E-state index contributed by atoms with van der Waals surface area (Å²) in [6, 6.07) is 44.0. The summed E-state index contributed by atoms with van der Waals surface area (Å²) in [7, 11) is 0. The first-order valence-corrected chi connectivity index (χ1v) is 21.2. The SMILES string of the molecule is CCOC(=O)[C@H]1C2CCC(CC2)[C@@H]1Nc1cc(-c2cc3ccccc3s2)nc(-c2cn(C(c3ccccc3)(c3ccccc3)c3ccccc3)c3ncc(Cl)nc23)n1. The lowest BCUT2D eigenvalue weighted by molar-refractivity contribution is -0.154. The minimum absolute atomic E-state index is 0.109. The molecule has 2 bridgehead atoms. The topological polar surface area (TPSA) is 94.8 Å². The number of halogens is 1. The zero-order chi connectivity index (χ0) is 39.2. The maximum atomic E-state index is 13.6. The fraction of sp³-hybridized carbons (Fsp3) is 0.229. The van der Waals surface area contributed by atoms with Crippen molar-refractivity contribution in [1.82, 2.24) is 24.5 Å². The number of benzene rings is 4. The fourth-order valence-corrected chi connectivity index (χ4v) is 10.8. The monoisotopic (exact) mass is 800 g/mol. The predicted molar refractivity (Wildman–Crippen MR) is 232 cm³/mol. The third kappa shape index (κ3) is 6.24. The molecule has 3 fully saturated rings. The molecule has 3 aliphatic rings. The van der Waals surface area contributed by atoms with Crippen LogP contribution in [-0.4, -0.2) is 43.1 Å². The van der Waals surface area contributed by atoms with Gasteiger partial charge in [-0.3, -0.25) is 4.79 Å². The normalized spacial score (nSPS) is 19.1. The molecule has 0 aliphatic heterocycles. The number of hydrogen-bond donors (Lipinski definition) is 1. The molecule has 3 saturated carbocycles. The zero-order valence-electron chi connectivity index (χ0n) is 32.0. The number of ether oxygens (including phenoxy) is 1. The number of carbonyl (C=O) groups excluding carboxylic acids is 1. The highest BCUT2D eigenvalue weighted by Gasteiger charge is 2.48. The number of nitrogens with zero attached hydrogens (tertiary/aromatic N) is 5. The molecule has 4 aromatic carbocycles. The highest BCUT2D eigenvalue weighted by molar-refractivity contribution is 7.22. The number of rotatable bonds is 10. The van der Waals surface area contributed by atoms with Crippen molar-refractivity contribution in [3.05, 3.63) is 162 Å². The largest absolute Gasteiger partial charge is 0.466 e. The summed E-state index contributed by atoms with van der Waals surface area (Å²) in [6.45, 7) is 2.24. The molecule has 0 saturated heterocycles. The minimum atomic E-state index is -0.874. The van der Waals surface area contributed by atoms with Crippen molar-refractivity contribution in [3.8, 4) is 22.0 Å². The van der Waals surface area contributed by atoms with E-state index < -0.39 is 5.54 Å². The molecule has 10 heteroatoms. The molecule has 58 heavy (non-hydrogen) atoms. The van der Waals surface area contributed by atoms with Gasteiger partial charge in [-0.15, -0.1) is 11.3 Å². The second-order valence-corrected chi connectivity index (χ2v) is 16.8. The van der Waals surface area contributed by atoms with Gasteiger partial charge in [0, 0.05) is 23.0 Å². The second kappa shape index (κ2) is 15.1. The molecule has 3 aliphatic carbocycles. The van der Waals surface area contributed by atoms with Crippen molar-refractivity contribution in [2.24, 2.45) is 17.8 Å². The van der Waals surface area contributed by atoms with E-state index >= 15 is 0 Å². The van der Waals surface area contributed by atoms with Gasteiger partial charge >= 0.3 is 5.97 Å². The summed E-state index contributed by atoms with van der Waals surface area (Å²) in [4.78, 5) is 35.2. The molecule has 4 aromatic heterocycles. The van der Waals surface area contributed by atoms with Crippen LogP contribution in [0.2, 0.25) is 5.15 Å². The van der Waals surface area contributed by atoms with Gasteiger partial charge in [0.2, 0.25) is 0 Å². The fourth-order valence-electron chi connectivity index (χ4n) is 9.63. The maximum absolute atomic E-state index is 13.6. The van der Waals surface area contributed by atoms with E-state index in [1.165, 1.54) is 4.70 Å². The van der Waals surface area contributed by atoms with Crippen molar-refractivity contribution in [1.29, 1.82) is 0 Å². The number of esters is 1. The molecule has 1 N–H and O–H groups in total. The van der Waals surface area contributed by atoms with Crippen molar-refractivity contribution in [3.63, 3.8) is 0 Å². The Morgan fingerprint density at radius 2 is 1.43 bits per heavy atom. The molecule has 8 aromatic rings. The lowest BCUT2D eigenvalue weighted by Gasteiger charge is -2.47. The van der Waals surface area contributed by atoms with E-state index in [0.29, 0.717) is 40.9 Å². The Morgan fingerprint density at radius 3 is 2.07 bits per heavy atom. The van der Waals surface area contributed by atoms with E-state index in [9.17, 15) is 4.79 Å². The van der Waals surface area contributed by atoms with Crippen molar-refractivity contribution in [2.75, 3.05) is 11.9 Å². The summed E-state index contributed by atoms with van der Waals surface area (Å²) in [5.41, 5.74) is 4.95. The summed E-state index contributed by atoms with van der Waals surface area (Å²) < 4.78 is 9.07. The number of carbonyl (C=O) groups is 1. The third-order valence-electron chi connectivity index (χ3n) is 12.1. The number of fused-ring (bicyclic) bond motifs is 5. The lowest BCUT2D eigenvalue weighted by atomic mass is 9.61. The van der Waals surface area contributed by atoms with E-state index in [-0.39, 0.29) is 29.0 Å². The van der Waals surface area contributed by atoms with Gasteiger partial charge in [0.25, 0.3) is 0 Å². The standard InChI is InChI=1S/C48H41ClN6O2S/c1-2-57-47(56)42-30-22-24-31(25-23-30)43(42)53-41-27-37(39-26-32-14-12-13-21-38(32)58-39)51-45(54-41)36-29-55(46-44(36)52-40(49)28-50-46)48(33-15-6-3-7-16-33,34-17-8-4-9-18-34)35-19-10-5-11-20-35/h3-21,26-31,42-43H,2,22-25H2,1H3,(H,51,53,54)/t30?,31?,42-,43-/m0/s1. The van der Waals surface area contributed by atoms with E-state index in [4.69, 9.17) is 36.3 Å². The average molecular weight is 801 g/mol. The van der Waals surface area contributed by atoms with Crippen LogP contribution in [0.5, 0.6) is 0 Å². The predicted octanol–water partition coefficient (Wildman–Crippen LogP) is 11.0. The van der Waals surface area contributed by atoms with Crippen LogP contribution in [0.3, 0.4) is 0 Å². The molecular weight excluding hydrogens is 760 g/mol. The van der Waals surface area contributed by atoms with Gasteiger partial charge in [-0.2, -0.15) is 0 Å². The Balaban J connectivity index is 1.22. The van der Waals surface area contributed by atoms with E-state index in [2.05, 4.69) is 119 Å². The van der Waals surface area contributed by atoms with Crippen molar-refractivity contribution >= 4 is 56.0 Å². The van der Waals surface area contributed by atoms with Gasteiger partial charge in [0.15, 0.2) is 11.5 Å². The van der Waals surface area contributed by atoms with Gasteiger partial charge < -0.3 is 14.6 Å². The van der Waals surface area contributed by atoms with Crippen LogP contribution in [0, 0.1) is 17.8 Å². The third-order valence-corrected chi connectivity index (χ3v) is 13.5. The van der Waals surface area contributed by atoms with Crippen LogP contribution < -0.4 is 5.32 Å². The van der Waals surface area contributed by atoms with Crippen molar-refractivity contribution in [2.45, 2.75) is 44.2 Å². The first kappa shape index (κ1) is 36.4. The number of thiophene rings is 1. The number of nitrogens with one attached hydrogen (secondary N) is 1. The first-order valence-electron chi connectivity index (χ1n) is 20.0. The summed E-state index contributed by atoms with van der Waals surface area (Å²) in [6.07, 6.45) is 7.92. The zero-order valence-corrected chi connectivity index (χ0v) is 33.5. The minimum Gasteiger partial charge on any atom is -0.466 e. The Kier molecular flexibility index (Phi) is 9.50. The summed E-state index contributed by atoms with van der Waals surface area (Å²) in [5.74, 6) is 1.38. The Labute approximate surface area is 346 Å². The molecule has 0 radical (unpaired) electrons. The maximum Gasteiger partial charge on any atom is 0.311 e. The highest BCUT2D eigenvalue weighted by atomic mass is 35.5. The van der Waals surface area contributed by atoms with Gasteiger partial charge in [0.05, 0.1) is 34.9 Å². The molecule has 0 spiro atoms. The van der Waals surface area contributed by atoms with E-state index in [1.807, 2.05) is 31.2 Å². The molecule has 4 heterocycles. The van der Waals surface area contributed by atoms with Crippen molar-refractivity contribution < 1.29 is 9.53 Å². The summed E-state index contributed by atoms with van der Waals surface area (Å²) in [5, 5.41) is 5.23. The van der Waals surface area contributed by atoms with Crippen LogP contribution in [0.4, 0.5) is 5.82 Å². The number of hydrogen-bond acceptors (Lipinski definition) is 8. The Hall–Kier alpha value is -5.90. The molecule has 0 amide bonds. The molecule has 8 nitrogen and oxygen atoms in total. The first-order chi connectivity index (χ1) is 28.5. The smallest absolute Gasteiger partial charge is 0.311 e. The van der Waals surface area contributed by atoms with E-state index in [1.54, 1.807) is 17.5 Å². The number of anilines is 1. The lowest BCUT2D eigenvalue weighted by Crippen LogP contribution is -2.52. The van der Waals surface area contributed by atoms with Crippen LogP contribution in [0.1, 0.15) is 49.3 Å². The summed E-state index contributed by atoms with van der Waals surface area (Å²) >= 11 is 8.41. The molecule has 288 valence electrons. The van der Waals surface area contributed by atoms with Crippen LogP contribution in [0.25, 0.3) is 43.2 Å². The molecule has 11 rings (SSSR count). The van der Waals surface area contributed by atoms with Gasteiger partial charge in [0.1, 0.15) is 22.0 Å². The Morgan fingerprint density at radius 1 is 0.810 bits per heavy atom. The quantitative estimate of drug-likeness (QED) is 0.109.